The second-order valence-corrected chi connectivity index (χ2v) is 5.79. The van der Waals surface area contributed by atoms with Gasteiger partial charge in [0.1, 0.15) is 0 Å². The summed E-state index contributed by atoms with van der Waals surface area (Å²) in [4.78, 5) is 0. The molecular weight excluding hydrogens is 338 g/mol. The number of hydrogen-bond donors (Lipinski definition) is 2. The van der Waals surface area contributed by atoms with E-state index in [-0.39, 0.29) is 12.1 Å². The molecule has 0 radical (unpaired) electrons. The number of aryl methyl sites for hydroxylation is 2. The molecule has 2 aromatic rings. The van der Waals surface area contributed by atoms with Crippen molar-refractivity contribution in [3.63, 3.8) is 0 Å². The maximum atomic E-state index is 13.9. The quantitative estimate of drug-likeness (QED) is 0.850. The normalized spacial score (nSPS) is 12.3. The summed E-state index contributed by atoms with van der Waals surface area (Å²) in [6.45, 7) is 4.11. The molecule has 0 spiro atoms. The summed E-state index contributed by atoms with van der Waals surface area (Å²) in [7, 11) is 0. The van der Waals surface area contributed by atoms with Crippen molar-refractivity contribution in [3.8, 4) is 0 Å². The topological polar surface area (TPSA) is 38.0 Å². The van der Waals surface area contributed by atoms with Gasteiger partial charge in [-0.2, -0.15) is 0 Å². The zero-order chi connectivity index (χ0) is 15.6. The van der Waals surface area contributed by atoms with E-state index in [1.54, 1.807) is 6.07 Å². The van der Waals surface area contributed by atoms with Crippen LogP contribution in [0, 0.1) is 25.5 Å². The summed E-state index contributed by atoms with van der Waals surface area (Å²) in [5.41, 5.74) is 8.90. The van der Waals surface area contributed by atoms with Crippen molar-refractivity contribution < 1.29 is 8.78 Å². The Balaban J connectivity index is 2.33. The van der Waals surface area contributed by atoms with Gasteiger partial charge in [0, 0.05) is 22.3 Å². The van der Waals surface area contributed by atoms with Crippen molar-refractivity contribution in [2.75, 3.05) is 11.9 Å². The highest BCUT2D eigenvalue weighted by atomic mass is 79.9. The van der Waals surface area contributed by atoms with Gasteiger partial charge in [0.05, 0.1) is 6.04 Å². The predicted molar refractivity (Wildman–Crippen MR) is 85.4 cm³/mol. The standard InChI is InChI=1S/C16H17BrF2N2/c1-9-6-11(7-10(2)15(9)17)21-14(8-20)12-4-3-5-13(18)16(12)19/h3-7,14,21H,8,20H2,1-2H3. The number of hydrogen-bond acceptors (Lipinski definition) is 2. The number of rotatable bonds is 4. The Kier molecular flexibility index (Phi) is 4.96. The van der Waals surface area contributed by atoms with Crippen LogP contribution >= 0.6 is 15.9 Å². The molecule has 112 valence electrons. The minimum Gasteiger partial charge on any atom is -0.377 e. The lowest BCUT2D eigenvalue weighted by Gasteiger charge is -2.20. The third kappa shape index (κ3) is 3.41. The molecule has 0 saturated heterocycles. The molecule has 2 rings (SSSR count). The van der Waals surface area contributed by atoms with Crippen LogP contribution in [-0.2, 0) is 0 Å². The summed E-state index contributed by atoms with van der Waals surface area (Å²) in [6.07, 6.45) is 0. The molecule has 0 amide bonds. The summed E-state index contributed by atoms with van der Waals surface area (Å²) in [5.74, 6) is -1.72. The van der Waals surface area contributed by atoms with Crippen LogP contribution in [0.3, 0.4) is 0 Å². The largest absolute Gasteiger partial charge is 0.377 e. The average Bonchev–Trinajstić information content (AvgIpc) is 2.45. The van der Waals surface area contributed by atoms with E-state index in [0.717, 1.165) is 27.4 Å². The molecule has 0 saturated carbocycles. The fourth-order valence-electron chi connectivity index (χ4n) is 2.28. The first kappa shape index (κ1) is 15.9. The van der Waals surface area contributed by atoms with Gasteiger partial charge in [-0.1, -0.05) is 28.1 Å². The first-order chi connectivity index (χ1) is 9.93. The minimum atomic E-state index is -0.865. The lowest BCUT2D eigenvalue weighted by molar-refractivity contribution is 0.492. The SMILES string of the molecule is Cc1cc(NC(CN)c2cccc(F)c2F)cc(C)c1Br. The van der Waals surface area contributed by atoms with Crippen LogP contribution in [0.25, 0.3) is 0 Å². The third-order valence-corrected chi connectivity index (χ3v) is 4.62. The van der Waals surface area contributed by atoms with Gasteiger partial charge in [-0.05, 0) is 43.2 Å². The van der Waals surface area contributed by atoms with Gasteiger partial charge >= 0.3 is 0 Å². The summed E-state index contributed by atoms with van der Waals surface area (Å²) in [6, 6.07) is 7.52. The molecule has 0 fully saturated rings. The number of nitrogens with one attached hydrogen (secondary N) is 1. The predicted octanol–water partition coefficient (Wildman–Crippen LogP) is 4.46. The van der Waals surface area contributed by atoms with Gasteiger partial charge in [-0.15, -0.1) is 0 Å². The number of benzene rings is 2. The average molecular weight is 355 g/mol. The lowest BCUT2D eigenvalue weighted by Crippen LogP contribution is -2.22. The molecule has 21 heavy (non-hydrogen) atoms. The summed E-state index contributed by atoms with van der Waals surface area (Å²) < 4.78 is 28.3. The van der Waals surface area contributed by atoms with Crippen LogP contribution in [0.2, 0.25) is 0 Å². The van der Waals surface area contributed by atoms with Crippen molar-refractivity contribution in [3.05, 3.63) is 63.1 Å². The number of anilines is 1. The van der Waals surface area contributed by atoms with Crippen LogP contribution in [0.15, 0.2) is 34.8 Å². The molecule has 0 aromatic heterocycles. The Morgan fingerprint density at radius 3 is 2.38 bits per heavy atom. The molecule has 0 aliphatic carbocycles. The summed E-state index contributed by atoms with van der Waals surface area (Å²) in [5, 5.41) is 3.17. The Bertz CT molecular complexity index is 636. The molecule has 0 aliphatic rings. The summed E-state index contributed by atoms with van der Waals surface area (Å²) >= 11 is 3.50. The van der Waals surface area contributed by atoms with Gasteiger partial charge < -0.3 is 11.1 Å². The van der Waals surface area contributed by atoms with Gasteiger partial charge in [0.2, 0.25) is 0 Å². The third-order valence-electron chi connectivity index (χ3n) is 3.37. The van der Waals surface area contributed by atoms with Crippen LogP contribution in [0.1, 0.15) is 22.7 Å². The Labute approximate surface area is 131 Å². The van der Waals surface area contributed by atoms with E-state index >= 15 is 0 Å². The van der Waals surface area contributed by atoms with Crippen LogP contribution in [-0.4, -0.2) is 6.54 Å². The molecule has 1 atom stereocenters. The second-order valence-electron chi connectivity index (χ2n) is 5.00. The van der Waals surface area contributed by atoms with Gasteiger partial charge in [-0.25, -0.2) is 8.78 Å². The van der Waals surface area contributed by atoms with Gasteiger partial charge in [-0.3, -0.25) is 0 Å². The zero-order valence-electron chi connectivity index (χ0n) is 11.9. The van der Waals surface area contributed by atoms with Crippen molar-refractivity contribution in [2.24, 2.45) is 5.73 Å². The molecule has 0 heterocycles. The molecule has 5 heteroatoms. The first-order valence-electron chi connectivity index (χ1n) is 6.61. The van der Waals surface area contributed by atoms with Crippen molar-refractivity contribution in [2.45, 2.75) is 19.9 Å². The highest BCUT2D eigenvalue weighted by Crippen LogP contribution is 2.28. The van der Waals surface area contributed by atoms with E-state index in [1.807, 2.05) is 26.0 Å². The van der Waals surface area contributed by atoms with E-state index in [2.05, 4.69) is 21.2 Å². The van der Waals surface area contributed by atoms with Crippen molar-refractivity contribution in [1.82, 2.24) is 0 Å². The molecule has 0 bridgehead atoms. The van der Waals surface area contributed by atoms with Gasteiger partial charge in [0.25, 0.3) is 0 Å². The molecule has 1 unspecified atom stereocenters. The molecule has 0 aliphatic heterocycles. The van der Waals surface area contributed by atoms with E-state index < -0.39 is 17.7 Å². The monoisotopic (exact) mass is 354 g/mol. The first-order valence-corrected chi connectivity index (χ1v) is 7.40. The van der Waals surface area contributed by atoms with Crippen molar-refractivity contribution in [1.29, 1.82) is 0 Å². The second kappa shape index (κ2) is 6.54. The fraction of sp³-hybridized carbons (Fsp3) is 0.250. The van der Waals surface area contributed by atoms with Crippen LogP contribution in [0.5, 0.6) is 0 Å². The molecule has 2 nitrogen and oxygen atoms in total. The van der Waals surface area contributed by atoms with Crippen LogP contribution < -0.4 is 11.1 Å². The maximum absolute atomic E-state index is 13.9. The van der Waals surface area contributed by atoms with E-state index in [1.165, 1.54) is 6.07 Å². The number of nitrogens with two attached hydrogens (primary N) is 1. The molecular formula is C16H17BrF2N2. The smallest absolute Gasteiger partial charge is 0.164 e. The molecule has 2 aromatic carbocycles. The minimum absolute atomic E-state index is 0.161. The van der Waals surface area contributed by atoms with Gasteiger partial charge in [0.15, 0.2) is 11.6 Å². The Morgan fingerprint density at radius 1 is 1.19 bits per heavy atom. The Morgan fingerprint density at radius 2 is 1.81 bits per heavy atom. The highest BCUT2D eigenvalue weighted by molar-refractivity contribution is 9.10. The Hall–Kier alpha value is -1.46. The van der Waals surface area contributed by atoms with E-state index in [4.69, 9.17) is 5.73 Å². The van der Waals surface area contributed by atoms with E-state index in [0.29, 0.717) is 0 Å². The highest BCUT2D eigenvalue weighted by Gasteiger charge is 2.17. The number of halogens is 3. The fourth-order valence-corrected chi connectivity index (χ4v) is 2.51. The van der Waals surface area contributed by atoms with Crippen molar-refractivity contribution >= 4 is 21.6 Å². The maximum Gasteiger partial charge on any atom is 0.164 e. The molecule has 3 N–H and O–H groups in total. The zero-order valence-corrected chi connectivity index (χ0v) is 13.5. The van der Waals surface area contributed by atoms with E-state index in [9.17, 15) is 8.78 Å². The lowest BCUT2D eigenvalue weighted by atomic mass is 10.0. The van der Waals surface area contributed by atoms with Crippen LogP contribution in [0.4, 0.5) is 14.5 Å².